The molecule has 1 aromatic rings. The molecule has 3 aliphatic heterocycles. The second kappa shape index (κ2) is 9.31. The number of hydrogen-bond acceptors (Lipinski definition) is 5. The van der Waals surface area contributed by atoms with Crippen molar-refractivity contribution in [1.82, 2.24) is 15.1 Å². The molecule has 1 spiro atoms. The molecule has 4 aliphatic rings. The molecule has 0 radical (unpaired) electrons. The summed E-state index contributed by atoms with van der Waals surface area (Å²) in [6, 6.07) is 5.98. The lowest BCUT2D eigenvalue weighted by Gasteiger charge is -2.38. The minimum Gasteiger partial charge on any atom is -0.489 e. The summed E-state index contributed by atoms with van der Waals surface area (Å²) in [6.07, 6.45) is 11.3. The van der Waals surface area contributed by atoms with Crippen LogP contribution in [0.4, 0.5) is 0 Å². The zero-order chi connectivity index (χ0) is 22.8. The third-order valence-corrected chi connectivity index (χ3v) is 7.46. The zero-order valence-electron chi connectivity index (χ0n) is 19.0. The number of rotatable bonds is 0. The predicted molar refractivity (Wildman–Crippen MR) is 126 cm³/mol. The summed E-state index contributed by atoms with van der Waals surface area (Å²) in [5, 5.41) is 13.3. The van der Waals surface area contributed by atoms with E-state index in [2.05, 4.69) is 16.3 Å². The van der Waals surface area contributed by atoms with E-state index in [1.54, 1.807) is 12.2 Å². The minimum atomic E-state index is -0.446. The van der Waals surface area contributed by atoms with Crippen LogP contribution in [0, 0.1) is 0 Å². The maximum absolute atomic E-state index is 12.9. The average Bonchev–Trinajstić information content (AvgIpc) is 3.13. The van der Waals surface area contributed by atoms with Crippen LogP contribution in [-0.2, 0) is 15.0 Å². The molecule has 1 saturated carbocycles. The summed E-state index contributed by atoms with van der Waals surface area (Å²) in [7, 11) is 0. The molecule has 176 valence electrons. The molecule has 7 heteroatoms. The number of carbonyl (C=O) groups excluding carboxylic acids is 2. The van der Waals surface area contributed by atoms with Gasteiger partial charge < -0.3 is 20.1 Å². The number of nitrogens with zero attached hydrogens (tertiary/aromatic N) is 2. The highest BCUT2D eigenvalue weighted by atomic mass is 16.5. The zero-order valence-corrected chi connectivity index (χ0v) is 19.0. The van der Waals surface area contributed by atoms with Gasteiger partial charge in [-0.15, -0.1) is 0 Å². The fourth-order valence-corrected chi connectivity index (χ4v) is 5.61. The third kappa shape index (κ3) is 4.57. The van der Waals surface area contributed by atoms with Gasteiger partial charge in [-0.3, -0.25) is 14.5 Å². The molecule has 1 unspecified atom stereocenters. The van der Waals surface area contributed by atoms with Gasteiger partial charge in [0.15, 0.2) is 0 Å². The van der Waals surface area contributed by atoms with E-state index in [9.17, 15) is 14.7 Å². The Labute approximate surface area is 195 Å². The number of aliphatic hydroxyl groups is 1. The van der Waals surface area contributed by atoms with Crippen LogP contribution in [0.5, 0.6) is 5.75 Å². The van der Waals surface area contributed by atoms with Gasteiger partial charge in [-0.1, -0.05) is 12.1 Å². The average molecular weight is 452 g/mol. The Morgan fingerprint density at radius 2 is 1.94 bits per heavy atom. The van der Waals surface area contributed by atoms with Gasteiger partial charge in [0, 0.05) is 37.7 Å². The van der Waals surface area contributed by atoms with Gasteiger partial charge >= 0.3 is 0 Å². The molecular formula is C26H33N3O4. The Balaban J connectivity index is 1.48. The van der Waals surface area contributed by atoms with Crippen molar-refractivity contribution in [3.8, 4) is 5.75 Å². The fourth-order valence-electron chi connectivity index (χ4n) is 5.61. The summed E-state index contributed by atoms with van der Waals surface area (Å²) < 4.78 is 6.25. The van der Waals surface area contributed by atoms with E-state index >= 15 is 0 Å². The smallest absolute Gasteiger partial charge is 0.247 e. The Bertz CT molecular complexity index is 974. The number of ether oxygens (including phenoxy) is 1. The number of amides is 2. The number of aliphatic hydroxyl groups excluding tert-OH is 1. The molecule has 7 nitrogen and oxygen atoms in total. The predicted octanol–water partition coefficient (Wildman–Crippen LogP) is 2.20. The SMILES string of the molecule is O=C1/C=C/[C@]23CC[C@H](O)C[C@H]2Oc2ccc(cc23)/C=C/C(=O)N2CCCN(CCCCN1)C2. The molecule has 2 fully saturated rings. The van der Waals surface area contributed by atoms with Crippen LogP contribution in [0.15, 0.2) is 36.4 Å². The first kappa shape index (κ1) is 22.2. The van der Waals surface area contributed by atoms with E-state index in [1.807, 2.05) is 29.2 Å². The van der Waals surface area contributed by atoms with Gasteiger partial charge in [-0.2, -0.15) is 0 Å². The number of carbonyl (C=O) groups is 2. The van der Waals surface area contributed by atoms with Crippen molar-refractivity contribution in [2.75, 3.05) is 32.8 Å². The van der Waals surface area contributed by atoms with Gasteiger partial charge in [0.1, 0.15) is 11.9 Å². The van der Waals surface area contributed by atoms with Gasteiger partial charge in [0.25, 0.3) is 0 Å². The summed E-state index contributed by atoms with van der Waals surface area (Å²) >= 11 is 0. The highest BCUT2D eigenvalue weighted by Gasteiger charge is 2.50. The Morgan fingerprint density at radius 1 is 1.06 bits per heavy atom. The number of nitrogens with one attached hydrogen (secondary N) is 1. The van der Waals surface area contributed by atoms with Gasteiger partial charge in [-0.25, -0.2) is 0 Å². The first-order valence-electron chi connectivity index (χ1n) is 12.2. The van der Waals surface area contributed by atoms with Crippen LogP contribution < -0.4 is 10.1 Å². The minimum absolute atomic E-state index is 0.0399. The molecule has 1 saturated heterocycles. The van der Waals surface area contributed by atoms with Crippen molar-refractivity contribution < 1.29 is 19.4 Å². The topological polar surface area (TPSA) is 82.1 Å². The highest BCUT2D eigenvalue weighted by molar-refractivity contribution is 5.92. The Morgan fingerprint density at radius 3 is 2.85 bits per heavy atom. The largest absolute Gasteiger partial charge is 0.489 e. The van der Waals surface area contributed by atoms with E-state index in [4.69, 9.17) is 4.74 Å². The lowest BCUT2D eigenvalue weighted by molar-refractivity contribution is -0.129. The van der Waals surface area contributed by atoms with E-state index < -0.39 is 11.5 Å². The first-order chi connectivity index (χ1) is 16.0. The summed E-state index contributed by atoms with van der Waals surface area (Å²) in [5.41, 5.74) is 1.52. The van der Waals surface area contributed by atoms with Crippen LogP contribution in [0.25, 0.3) is 6.08 Å². The standard InChI is InChI=1S/C26H33N3O4/c30-20-8-10-26-11-9-24(31)27-12-1-2-13-28-14-3-15-29(18-28)25(32)7-5-19-4-6-22(21(26)16-19)33-23(26)17-20/h4-7,9,11,16,20,23,30H,1-3,8,10,12-15,17-18H2,(H,27,31)/b7-5+,11-9+/t20-,23+,26-/m0/s1. The van der Waals surface area contributed by atoms with E-state index in [-0.39, 0.29) is 17.9 Å². The second-order valence-electron chi connectivity index (χ2n) is 9.71. The molecule has 33 heavy (non-hydrogen) atoms. The summed E-state index contributed by atoms with van der Waals surface area (Å²) in [6.45, 7) is 4.00. The van der Waals surface area contributed by atoms with Crippen LogP contribution in [0.2, 0.25) is 0 Å². The van der Waals surface area contributed by atoms with Gasteiger partial charge in [0.05, 0.1) is 18.2 Å². The molecule has 4 bridgehead atoms. The lowest BCUT2D eigenvalue weighted by Crippen LogP contribution is -2.47. The van der Waals surface area contributed by atoms with Gasteiger partial charge in [0.2, 0.25) is 11.8 Å². The number of hydrogen-bond donors (Lipinski definition) is 2. The van der Waals surface area contributed by atoms with Crippen molar-refractivity contribution in [2.24, 2.45) is 0 Å². The molecular weight excluding hydrogens is 418 g/mol. The van der Waals surface area contributed by atoms with Crippen molar-refractivity contribution in [2.45, 2.75) is 56.1 Å². The fraction of sp³-hybridized carbons (Fsp3) is 0.538. The Kier molecular flexibility index (Phi) is 6.25. The first-order valence-corrected chi connectivity index (χ1v) is 12.2. The van der Waals surface area contributed by atoms with Crippen molar-refractivity contribution in [1.29, 1.82) is 0 Å². The Hall–Kier alpha value is -2.64. The monoisotopic (exact) mass is 451 g/mol. The van der Waals surface area contributed by atoms with E-state index in [0.717, 1.165) is 55.8 Å². The molecule has 1 aliphatic carbocycles. The van der Waals surface area contributed by atoms with Gasteiger partial charge in [-0.05, 0) is 68.5 Å². The second-order valence-corrected chi connectivity index (χ2v) is 9.71. The van der Waals surface area contributed by atoms with E-state index in [0.29, 0.717) is 32.5 Å². The molecule has 0 aromatic heterocycles. The van der Waals surface area contributed by atoms with Crippen LogP contribution >= 0.6 is 0 Å². The van der Waals surface area contributed by atoms with Crippen molar-refractivity contribution in [3.05, 3.63) is 47.6 Å². The van der Waals surface area contributed by atoms with Crippen molar-refractivity contribution >= 4 is 17.9 Å². The van der Waals surface area contributed by atoms with Crippen LogP contribution in [-0.4, -0.2) is 71.8 Å². The summed E-state index contributed by atoms with van der Waals surface area (Å²) in [4.78, 5) is 29.6. The molecule has 2 amide bonds. The number of fused-ring (bicyclic) bond motifs is 3. The highest BCUT2D eigenvalue weighted by Crippen LogP contribution is 2.51. The lowest BCUT2D eigenvalue weighted by atomic mass is 9.67. The molecule has 2 N–H and O–H groups in total. The third-order valence-electron chi connectivity index (χ3n) is 7.46. The molecule has 1 aromatic carbocycles. The van der Waals surface area contributed by atoms with Crippen LogP contribution in [0.1, 0.15) is 49.7 Å². The normalized spacial score (nSPS) is 34.3. The molecule has 5 rings (SSSR count). The summed E-state index contributed by atoms with van der Waals surface area (Å²) in [5.74, 6) is 0.747. The molecule has 3 heterocycles. The quantitative estimate of drug-likeness (QED) is 0.632. The molecule has 4 atom stereocenters. The van der Waals surface area contributed by atoms with E-state index in [1.165, 1.54) is 0 Å². The number of benzene rings is 1. The maximum Gasteiger partial charge on any atom is 0.247 e. The van der Waals surface area contributed by atoms with Crippen molar-refractivity contribution in [3.63, 3.8) is 0 Å². The maximum atomic E-state index is 12.9. The van der Waals surface area contributed by atoms with Crippen LogP contribution in [0.3, 0.4) is 0 Å².